The van der Waals surface area contributed by atoms with Gasteiger partial charge in [-0.3, -0.25) is 14.5 Å². The summed E-state index contributed by atoms with van der Waals surface area (Å²) in [5.41, 5.74) is 1.04. The number of aromatic nitrogens is 1. The minimum Gasteiger partial charge on any atom is -0.360 e. The van der Waals surface area contributed by atoms with E-state index in [9.17, 15) is 9.59 Å². The Morgan fingerprint density at radius 2 is 1.87 bits per heavy atom. The molecule has 0 aliphatic carbocycles. The van der Waals surface area contributed by atoms with Gasteiger partial charge in [-0.15, -0.1) is 11.3 Å². The second kappa shape index (κ2) is 8.99. The van der Waals surface area contributed by atoms with Crippen LogP contribution in [0.2, 0.25) is 5.02 Å². The Morgan fingerprint density at radius 1 is 1.13 bits per heavy atom. The van der Waals surface area contributed by atoms with Gasteiger partial charge in [0.1, 0.15) is 5.76 Å². The fraction of sp³-hybridized carbons (Fsp3) is 0.286. The highest BCUT2D eigenvalue weighted by Gasteiger charge is 2.24. The molecule has 1 aromatic carbocycles. The Labute approximate surface area is 183 Å². The minimum absolute atomic E-state index is 0.0300. The molecule has 2 aromatic heterocycles. The summed E-state index contributed by atoms with van der Waals surface area (Å²) in [6.45, 7) is 4.49. The van der Waals surface area contributed by atoms with Crippen LogP contribution in [0.4, 0.5) is 5.82 Å². The molecule has 3 heterocycles. The monoisotopic (exact) mass is 444 g/mol. The highest BCUT2D eigenvalue weighted by molar-refractivity contribution is 7.17. The second-order valence-electron chi connectivity index (χ2n) is 7.11. The molecule has 1 saturated heterocycles. The van der Waals surface area contributed by atoms with Crippen molar-refractivity contribution >= 4 is 40.6 Å². The maximum Gasteiger partial charge on any atom is 0.264 e. The number of carbonyl (C=O) groups is 2. The maximum atomic E-state index is 12.9. The van der Waals surface area contributed by atoms with Crippen molar-refractivity contribution in [2.45, 2.75) is 6.92 Å². The molecule has 1 N–H and O–H groups in total. The average Bonchev–Trinajstić information content (AvgIpc) is 3.38. The van der Waals surface area contributed by atoms with Gasteiger partial charge < -0.3 is 14.7 Å². The molecular formula is C21H21ClN4O3S. The molecule has 30 heavy (non-hydrogen) atoms. The Bertz CT molecular complexity index is 1040. The van der Waals surface area contributed by atoms with Crippen molar-refractivity contribution in [3.63, 3.8) is 0 Å². The van der Waals surface area contributed by atoms with Crippen LogP contribution in [0.15, 0.2) is 47.0 Å². The van der Waals surface area contributed by atoms with Gasteiger partial charge in [-0.25, -0.2) is 0 Å². The van der Waals surface area contributed by atoms with Gasteiger partial charge in [-0.2, -0.15) is 0 Å². The number of carbonyl (C=O) groups excluding carboxylic acids is 2. The highest BCUT2D eigenvalue weighted by atomic mass is 35.5. The third-order valence-electron chi connectivity index (χ3n) is 4.87. The van der Waals surface area contributed by atoms with E-state index in [4.69, 9.17) is 16.1 Å². The molecule has 3 aromatic rings. The first-order valence-corrected chi connectivity index (χ1v) is 10.8. The fourth-order valence-electron chi connectivity index (χ4n) is 3.30. The van der Waals surface area contributed by atoms with Gasteiger partial charge in [0.05, 0.1) is 11.4 Å². The van der Waals surface area contributed by atoms with Crippen LogP contribution < -0.4 is 5.32 Å². The van der Waals surface area contributed by atoms with E-state index in [0.717, 1.165) is 10.4 Å². The quantitative estimate of drug-likeness (QED) is 0.648. The molecule has 4 rings (SSSR count). The Morgan fingerprint density at radius 3 is 2.53 bits per heavy atom. The summed E-state index contributed by atoms with van der Waals surface area (Å²) in [6, 6.07) is 13.1. The number of aryl methyl sites for hydroxylation is 1. The number of anilines is 1. The van der Waals surface area contributed by atoms with Crippen LogP contribution in [-0.4, -0.2) is 59.5 Å². The minimum atomic E-state index is -0.145. The fourth-order valence-corrected chi connectivity index (χ4v) is 4.40. The molecule has 7 nitrogen and oxygen atoms in total. The molecule has 2 amide bonds. The zero-order valence-electron chi connectivity index (χ0n) is 16.4. The van der Waals surface area contributed by atoms with Gasteiger partial charge in [0.2, 0.25) is 5.91 Å². The van der Waals surface area contributed by atoms with E-state index in [-0.39, 0.29) is 18.4 Å². The van der Waals surface area contributed by atoms with Crippen molar-refractivity contribution in [3.05, 3.63) is 58.1 Å². The normalized spacial score (nSPS) is 14.7. The van der Waals surface area contributed by atoms with E-state index in [1.807, 2.05) is 46.2 Å². The summed E-state index contributed by atoms with van der Waals surface area (Å²) in [6.07, 6.45) is 0. The summed E-state index contributed by atoms with van der Waals surface area (Å²) in [4.78, 5) is 30.7. The zero-order chi connectivity index (χ0) is 21.1. The van der Waals surface area contributed by atoms with E-state index >= 15 is 0 Å². The van der Waals surface area contributed by atoms with E-state index in [0.29, 0.717) is 47.7 Å². The number of hydrogen-bond acceptors (Lipinski definition) is 6. The van der Waals surface area contributed by atoms with Crippen molar-refractivity contribution in [2.24, 2.45) is 0 Å². The van der Waals surface area contributed by atoms with E-state index < -0.39 is 0 Å². The van der Waals surface area contributed by atoms with Crippen LogP contribution in [0.3, 0.4) is 0 Å². The van der Waals surface area contributed by atoms with E-state index in [1.54, 1.807) is 13.0 Å². The topological polar surface area (TPSA) is 78.7 Å². The first kappa shape index (κ1) is 20.6. The number of hydrogen-bond donors (Lipinski definition) is 1. The van der Waals surface area contributed by atoms with Crippen molar-refractivity contribution in [1.82, 2.24) is 15.0 Å². The third kappa shape index (κ3) is 4.89. The SMILES string of the molecule is Cc1cc(NC(=O)CN2CCN(C(=O)c3ccc(-c4ccc(Cl)cc4)s3)CC2)no1. The first-order chi connectivity index (χ1) is 14.5. The van der Waals surface area contributed by atoms with Crippen LogP contribution in [0.5, 0.6) is 0 Å². The van der Waals surface area contributed by atoms with Crippen molar-refractivity contribution in [3.8, 4) is 10.4 Å². The molecule has 1 aliphatic heterocycles. The molecule has 9 heteroatoms. The first-order valence-electron chi connectivity index (χ1n) is 9.58. The number of benzene rings is 1. The van der Waals surface area contributed by atoms with Crippen LogP contribution in [-0.2, 0) is 4.79 Å². The lowest BCUT2D eigenvalue weighted by Crippen LogP contribution is -2.50. The maximum absolute atomic E-state index is 12.9. The molecule has 0 unspecified atom stereocenters. The lowest BCUT2D eigenvalue weighted by atomic mass is 10.2. The number of nitrogens with zero attached hydrogens (tertiary/aromatic N) is 3. The molecule has 0 radical (unpaired) electrons. The molecule has 0 atom stereocenters. The van der Waals surface area contributed by atoms with E-state index in [2.05, 4.69) is 10.5 Å². The van der Waals surface area contributed by atoms with Gasteiger partial charge in [0.15, 0.2) is 5.82 Å². The molecule has 1 aliphatic rings. The van der Waals surface area contributed by atoms with Crippen molar-refractivity contribution in [1.29, 1.82) is 0 Å². The molecule has 1 fully saturated rings. The van der Waals surface area contributed by atoms with Crippen LogP contribution in [0, 0.1) is 6.92 Å². The highest BCUT2D eigenvalue weighted by Crippen LogP contribution is 2.30. The molecule has 0 spiro atoms. The van der Waals surface area contributed by atoms with Crippen molar-refractivity contribution in [2.75, 3.05) is 38.0 Å². The summed E-state index contributed by atoms with van der Waals surface area (Å²) >= 11 is 7.43. The lowest BCUT2D eigenvalue weighted by Gasteiger charge is -2.34. The molecule has 0 saturated carbocycles. The predicted octanol–water partition coefficient (Wildman–Crippen LogP) is 3.76. The van der Waals surface area contributed by atoms with Crippen LogP contribution in [0.25, 0.3) is 10.4 Å². The zero-order valence-corrected chi connectivity index (χ0v) is 18.0. The van der Waals surface area contributed by atoms with Gasteiger partial charge in [-0.1, -0.05) is 28.9 Å². The number of thiophene rings is 1. The number of amides is 2. The van der Waals surface area contributed by atoms with Gasteiger partial charge >= 0.3 is 0 Å². The Balaban J connectivity index is 1.29. The van der Waals surface area contributed by atoms with Crippen LogP contribution >= 0.6 is 22.9 Å². The largest absolute Gasteiger partial charge is 0.360 e. The van der Waals surface area contributed by atoms with Crippen LogP contribution in [0.1, 0.15) is 15.4 Å². The van der Waals surface area contributed by atoms with E-state index in [1.165, 1.54) is 11.3 Å². The Kier molecular flexibility index (Phi) is 6.17. The summed E-state index contributed by atoms with van der Waals surface area (Å²) in [5.74, 6) is 0.946. The molecule has 156 valence electrons. The summed E-state index contributed by atoms with van der Waals surface area (Å²) in [5, 5.41) is 7.17. The average molecular weight is 445 g/mol. The van der Waals surface area contributed by atoms with Gasteiger partial charge in [0.25, 0.3) is 5.91 Å². The smallest absolute Gasteiger partial charge is 0.264 e. The molecule has 0 bridgehead atoms. The number of halogens is 1. The van der Waals surface area contributed by atoms with Gasteiger partial charge in [-0.05, 0) is 36.8 Å². The standard InChI is InChI=1S/C21H21ClN4O3S/c1-14-12-19(24-29-14)23-20(27)13-25-8-10-26(11-9-25)21(28)18-7-6-17(30-18)15-2-4-16(22)5-3-15/h2-7,12H,8-11,13H2,1H3,(H,23,24,27). The summed E-state index contributed by atoms with van der Waals surface area (Å²) in [7, 11) is 0. The lowest BCUT2D eigenvalue weighted by molar-refractivity contribution is -0.117. The number of rotatable bonds is 5. The third-order valence-corrected chi connectivity index (χ3v) is 6.24. The summed E-state index contributed by atoms with van der Waals surface area (Å²) < 4.78 is 4.95. The van der Waals surface area contributed by atoms with Crippen molar-refractivity contribution < 1.29 is 14.1 Å². The predicted molar refractivity (Wildman–Crippen MR) is 117 cm³/mol. The number of piperazine rings is 1. The molecular weight excluding hydrogens is 424 g/mol. The van der Waals surface area contributed by atoms with Gasteiger partial charge in [0, 0.05) is 42.1 Å². The number of nitrogens with one attached hydrogen (secondary N) is 1. The second-order valence-corrected chi connectivity index (χ2v) is 8.63. The Hall–Kier alpha value is -2.68.